The van der Waals surface area contributed by atoms with Crippen LogP contribution in [0.3, 0.4) is 0 Å². The average molecular weight is 309 g/mol. The van der Waals surface area contributed by atoms with E-state index in [1.807, 2.05) is 36.4 Å². The van der Waals surface area contributed by atoms with Crippen molar-refractivity contribution in [1.82, 2.24) is 9.97 Å². The van der Waals surface area contributed by atoms with E-state index in [0.29, 0.717) is 6.54 Å². The third kappa shape index (κ3) is 2.48. The Kier molecular flexibility index (Phi) is 3.34. The van der Waals surface area contributed by atoms with E-state index in [0.717, 1.165) is 39.5 Å². The van der Waals surface area contributed by atoms with Gasteiger partial charge in [-0.05, 0) is 29.8 Å². The van der Waals surface area contributed by atoms with Crippen molar-refractivity contribution in [2.75, 3.05) is 19.2 Å². The largest absolute Gasteiger partial charge is 0.494 e. The van der Waals surface area contributed by atoms with Crippen LogP contribution in [0.2, 0.25) is 0 Å². The number of ether oxygens (including phenoxy) is 3. The lowest BCUT2D eigenvalue weighted by atomic mass is 10.2. The highest BCUT2D eigenvalue weighted by atomic mass is 16.7. The summed E-state index contributed by atoms with van der Waals surface area (Å²) in [6.07, 6.45) is 1.53. The van der Waals surface area contributed by atoms with Gasteiger partial charge in [-0.3, -0.25) is 0 Å². The maximum absolute atomic E-state index is 5.40. The summed E-state index contributed by atoms with van der Waals surface area (Å²) < 4.78 is 16.1. The van der Waals surface area contributed by atoms with Crippen LogP contribution in [0.15, 0.2) is 42.7 Å². The number of benzene rings is 2. The molecule has 3 aromatic rings. The number of rotatable bonds is 4. The molecule has 0 spiro atoms. The smallest absolute Gasteiger partial charge is 0.231 e. The van der Waals surface area contributed by atoms with Crippen molar-refractivity contribution in [2.45, 2.75) is 6.54 Å². The molecular weight excluding hydrogens is 294 g/mol. The molecule has 0 saturated carbocycles. The van der Waals surface area contributed by atoms with Crippen molar-refractivity contribution in [3.05, 3.63) is 48.3 Å². The Balaban J connectivity index is 1.61. The molecule has 4 rings (SSSR count). The van der Waals surface area contributed by atoms with E-state index in [4.69, 9.17) is 14.2 Å². The van der Waals surface area contributed by atoms with E-state index in [-0.39, 0.29) is 6.79 Å². The molecule has 0 unspecified atom stereocenters. The van der Waals surface area contributed by atoms with Crippen molar-refractivity contribution in [3.63, 3.8) is 0 Å². The summed E-state index contributed by atoms with van der Waals surface area (Å²) in [4.78, 5) is 8.64. The monoisotopic (exact) mass is 309 g/mol. The first-order chi connectivity index (χ1) is 11.3. The van der Waals surface area contributed by atoms with Crippen LogP contribution in [0.25, 0.3) is 10.9 Å². The van der Waals surface area contributed by atoms with Gasteiger partial charge in [0.15, 0.2) is 11.5 Å². The van der Waals surface area contributed by atoms with Gasteiger partial charge in [0.25, 0.3) is 0 Å². The summed E-state index contributed by atoms with van der Waals surface area (Å²) in [5, 5.41) is 4.27. The van der Waals surface area contributed by atoms with E-state index in [9.17, 15) is 0 Å². The number of hydrogen-bond acceptors (Lipinski definition) is 6. The van der Waals surface area contributed by atoms with E-state index >= 15 is 0 Å². The van der Waals surface area contributed by atoms with Crippen LogP contribution in [0.5, 0.6) is 17.2 Å². The normalized spacial score (nSPS) is 12.4. The van der Waals surface area contributed by atoms with E-state index in [2.05, 4.69) is 15.3 Å². The van der Waals surface area contributed by atoms with E-state index in [1.165, 1.54) is 6.33 Å². The fourth-order valence-electron chi connectivity index (χ4n) is 2.60. The molecule has 0 amide bonds. The van der Waals surface area contributed by atoms with Gasteiger partial charge in [-0.2, -0.15) is 0 Å². The third-order valence-corrected chi connectivity index (χ3v) is 3.74. The van der Waals surface area contributed by atoms with Crippen LogP contribution >= 0.6 is 0 Å². The minimum Gasteiger partial charge on any atom is -0.494 e. The van der Waals surface area contributed by atoms with Gasteiger partial charge in [0, 0.05) is 11.9 Å². The standard InChI is InChI=1S/C17H15N3O3/c1-21-14-4-2-3-12-16(14)19-9-20-17(12)18-8-11-5-6-13-15(7-11)23-10-22-13/h2-7,9H,8,10H2,1H3,(H,18,19,20). The first kappa shape index (κ1) is 13.6. The second-order valence-electron chi connectivity index (χ2n) is 5.12. The van der Waals surface area contributed by atoms with Crippen LogP contribution in [0.1, 0.15) is 5.56 Å². The highest BCUT2D eigenvalue weighted by Crippen LogP contribution is 2.33. The number of anilines is 1. The molecule has 0 fully saturated rings. The number of nitrogens with one attached hydrogen (secondary N) is 1. The lowest BCUT2D eigenvalue weighted by Gasteiger charge is -2.10. The van der Waals surface area contributed by atoms with Crippen molar-refractivity contribution < 1.29 is 14.2 Å². The quantitative estimate of drug-likeness (QED) is 0.799. The number of aromatic nitrogens is 2. The lowest BCUT2D eigenvalue weighted by molar-refractivity contribution is 0.174. The molecule has 1 aliphatic rings. The topological polar surface area (TPSA) is 65.5 Å². The molecule has 2 aromatic carbocycles. The van der Waals surface area contributed by atoms with Crippen molar-refractivity contribution >= 4 is 16.7 Å². The van der Waals surface area contributed by atoms with Gasteiger partial charge in [0.1, 0.15) is 23.4 Å². The predicted octanol–water partition coefficient (Wildman–Crippen LogP) is 2.98. The molecule has 116 valence electrons. The zero-order chi connectivity index (χ0) is 15.6. The summed E-state index contributed by atoms with van der Waals surface area (Å²) in [6, 6.07) is 11.7. The van der Waals surface area contributed by atoms with Crippen molar-refractivity contribution in [1.29, 1.82) is 0 Å². The maximum Gasteiger partial charge on any atom is 0.231 e. The fourth-order valence-corrected chi connectivity index (χ4v) is 2.60. The van der Waals surface area contributed by atoms with Crippen LogP contribution in [-0.2, 0) is 6.54 Å². The third-order valence-electron chi connectivity index (χ3n) is 3.74. The molecule has 2 heterocycles. The maximum atomic E-state index is 5.40. The number of para-hydroxylation sites is 1. The molecule has 0 saturated heterocycles. The molecule has 0 atom stereocenters. The Bertz CT molecular complexity index is 867. The summed E-state index contributed by atoms with van der Waals surface area (Å²) in [7, 11) is 1.64. The van der Waals surface area contributed by atoms with Gasteiger partial charge >= 0.3 is 0 Å². The van der Waals surface area contributed by atoms with Gasteiger partial charge in [0.2, 0.25) is 6.79 Å². The lowest BCUT2D eigenvalue weighted by Crippen LogP contribution is -2.03. The highest BCUT2D eigenvalue weighted by Gasteiger charge is 2.13. The van der Waals surface area contributed by atoms with Crippen LogP contribution in [0, 0.1) is 0 Å². The Morgan fingerprint density at radius 2 is 2.04 bits per heavy atom. The summed E-state index contributed by atoms with van der Waals surface area (Å²) in [5.41, 5.74) is 1.88. The minimum atomic E-state index is 0.280. The molecule has 6 nitrogen and oxygen atoms in total. The number of fused-ring (bicyclic) bond motifs is 2. The summed E-state index contributed by atoms with van der Waals surface area (Å²) in [5.74, 6) is 3.06. The van der Waals surface area contributed by atoms with Crippen LogP contribution in [-0.4, -0.2) is 23.9 Å². The van der Waals surface area contributed by atoms with Crippen molar-refractivity contribution in [2.24, 2.45) is 0 Å². The number of methoxy groups -OCH3 is 1. The molecular formula is C17H15N3O3. The average Bonchev–Trinajstić information content (AvgIpc) is 3.07. The zero-order valence-electron chi connectivity index (χ0n) is 12.6. The minimum absolute atomic E-state index is 0.280. The van der Waals surface area contributed by atoms with Crippen molar-refractivity contribution in [3.8, 4) is 17.2 Å². The molecule has 6 heteroatoms. The molecule has 0 radical (unpaired) electrons. The Labute approximate surface area is 133 Å². The number of nitrogens with zero attached hydrogens (tertiary/aromatic N) is 2. The van der Waals surface area contributed by atoms with Gasteiger partial charge in [-0.25, -0.2) is 9.97 Å². The highest BCUT2D eigenvalue weighted by molar-refractivity contribution is 5.92. The molecule has 1 N–H and O–H groups in total. The Morgan fingerprint density at radius 3 is 2.96 bits per heavy atom. The van der Waals surface area contributed by atoms with Gasteiger partial charge in [-0.15, -0.1) is 0 Å². The predicted molar refractivity (Wildman–Crippen MR) is 86.0 cm³/mol. The second-order valence-corrected chi connectivity index (χ2v) is 5.12. The van der Waals surface area contributed by atoms with Gasteiger partial charge in [0.05, 0.1) is 7.11 Å². The SMILES string of the molecule is COc1cccc2c(NCc3ccc4c(c3)OCO4)ncnc12. The molecule has 0 aliphatic carbocycles. The molecule has 1 aliphatic heterocycles. The van der Waals surface area contributed by atoms with Gasteiger partial charge < -0.3 is 19.5 Å². The summed E-state index contributed by atoms with van der Waals surface area (Å²) in [6.45, 7) is 0.905. The first-order valence-electron chi connectivity index (χ1n) is 7.25. The number of hydrogen-bond donors (Lipinski definition) is 1. The Morgan fingerprint density at radius 1 is 1.13 bits per heavy atom. The Hall–Kier alpha value is -3.02. The second kappa shape index (κ2) is 5.64. The van der Waals surface area contributed by atoms with E-state index in [1.54, 1.807) is 7.11 Å². The van der Waals surface area contributed by atoms with Crippen LogP contribution < -0.4 is 19.5 Å². The first-order valence-corrected chi connectivity index (χ1v) is 7.25. The fraction of sp³-hybridized carbons (Fsp3) is 0.176. The van der Waals surface area contributed by atoms with Gasteiger partial charge in [-0.1, -0.05) is 12.1 Å². The van der Waals surface area contributed by atoms with E-state index < -0.39 is 0 Å². The zero-order valence-corrected chi connectivity index (χ0v) is 12.6. The molecule has 0 bridgehead atoms. The molecule has 1 aromatic heterocycles. The summed E-state index contributed by atoms with van der Waals surface area (Å²) >= 11 is 0. The molecule has 23 heavy (non-hydrogen) atoms. The van der Waals surface area contributed by atoms with Crippen LogP contribution in [0.4, 0.5) is 5.82 Å².